The average molecular weight is 354 g/mol. The Morgan fingerprint density at radius 3 is 2.87 bits per heavy atom. The Kier molecular flexibility index (Phi) is 4.94. The van der Waals surface area contributed by atoms with Crippen LogP contribution in [-0.2, 0) is 21.3 Å². The summed E-state index contributed by atoms with van der Waals surface area (Å²) in [6, 6.07) is 3.61. The number of nitro groups is 1. The Labute approximate surface area is 138 Å². The van der Waals surface area contributed by atoms with Crippen molar-refractivity contribution in [1.29, 1.82) is 0 Å². The maximum Gasteiger partial charge on any atom is 0.329 e. The standard InChI is InChI=1S/C13H14N4O4S2/c18-17(19)10-8-14-11(9-23(20)12-2-1-7-22-12)15-13(10)16-3-5-21-6-4-16/h1-2,7-8H,3-6,9H2. The molecule has 0 bridgehead atoms. The smallest absolute Gasteiger partial charge is 0.329 e. The summed E-state index contributed by atoms with van der Waals surface area (Å²) in [7, 11) is -1.25. The molecule has 0 saturated carbocycles. The molecule has 3 heterocycles. The van der Waals surface area contributed by atoms with Gasteiger partial charge in [0.1, 0.15) is 12.0 Å². The molecule has 0 N–H and O–H groups in total. The Morgan fingerprint density at radius 2 is 2.22 bits per heavy atom. The molecule has 8 nitrogen and oxygen atoms in total. The first-order chi connectivity index (χ1) is 11.1. The molecule has 122 valence electrons. The molecule has 0 radical (unpaired) electrons. The van der Waals surface area contributed by atoms with E-state index in [1.165, 1.54) is 17.5 Å². The van der Waals surface area contributed by atoms with Crippen molar-refractivity contribution in [3.8, 4) is 0 Å². The molecule has 1 aliphatic heterocycles. The molecule has 0 aliphatic carbocycles. The van der Waals surface area contributed by atoms with Gasteiger partial charge in [0.05, 0.1) is 38.9 Å². The number of hydrogen-bond donors (Lipinski definition) is 0. The van der Waals surface area contributed by atoms with Crippen LogP contribution < -0.4 is 4.90 Å². The van der Waals surface area contributed by atoms with Crippen LogP contribution in [0.25, 0.3) is 0 Å². The number of anilines is 1. The lowest BCUT2D eigenvalue weighted by Crippen LogP contribution is -2.37. The van der Waals surface area contributed by atoms with Gasteiger partial charge >= 0.3 is 5.69 Å². The fourth-order valence-electron chi connectivity index (χ4n) is 2.19. The molecule has 2 aromatic rings. The first kappa shape index (κ1) is 16.0. The second-order valence-electron chi connectivity index (χ2n) is 4.77. The van der Waals surface area contributed by atoms with E-state index in [1.54, 1.807) is 11.0 Å². The predicted octanol–water partition coefficient (Wildman–Crippen LogP) is 1.59. The van der Waals surface area contributed by atoms with Gasteiger partial charge in [0.2, 0.25) is 5.82 Å². The third-order valence-corrected chi connectivity index (χ3v) is 5.90. The maximum absolute atomic E-state index is 12.3. The number of aromatic nitrogens is 2. The van der Waals surface area contributed by atoms with Gasteiger partial charge in [0.25, 0.3) is 0 Å². The van der Waals surface area contributed by atoms with E-state index in [0.717, 1.165) is 4.21 Å². The Hall–Kier alpha value is -1.91. The van der Waals surface area contributed by atoms with Crippen LogP contribution in [0.4, 0.5) is 11.5 Å². The van der Waals surface area contributed by atoms with E-state index in [0.29, 0.717) is 32.1 Å². The molecule has 10 heteroatoms. The molecule has 1 fully saturated rings. The minimum Gasteiger partial charge on any atom is -0.378 e. The van der Waals surface area contributed by atoms with Gasteiger partial charge in [0, 0.05) is 13.1 Å². The fourth-order valence-corrected chi connectivity index (χ4v) is 4.16. The normalized spacial score (nSPS) is 16.3. The van der Waals surface area contributed by atoms with Crippen LogP contribution >= 0.6 is 11.3 Å². The molecule has 0 aromatic carbocycles. The van der Waals surface area contributed by atoms with Gasteiger partial charge in [-0.05, 0) is 11.4 Å². The van der Waals surface area contributed by atoms with Crippen molar-refractivity contribution in [2.45, 2.75) is 9.96 Å². The van der Waals surface area contributed by atoms with Crippen molar-refractivity contribution in [3.63, 3.8) is 0 Å². The van der Waals surface area contributed by atoms with Crippen molar-refractivity contribution < 1.29 is 13.9 Å². The Bertz CT molecular complexity index is 717. The molecule has 1 unspecified atom stereocenters. The van der Waals surface area contributed by atoms with E-state index in [-0.39, 0.29) is 17.3 Å². The first-order valence-electron chi connectivity index (χ1n) is 6.90. The number of ether oxygens (including phenoxy) is 1. The summed E-state index contributed by atoms with van der Waals surface area (Å²) < 4.78 is 18.3. The van der Waals surface area contributed by atoms with Crippen LogP contribution in [0.2, 0.25) is 0 Å². The van der Waals surface area contributed by atoms with E-state index in [1.807, 2.05) is 11.4 Å². The van der Waals surface area contributed by atoms with Gasteiger partial charge in [0.15, 0.2) is 0 Å². The van der Waals surface area contributed by atoms with Crippen LogP contribution in [0, 0.1) is 10.1 Å². The molecule has 3 rings (SSSR count). The zero-order valence-corrected chi connectivity index (χ0v) is 13.7. The third kappa shape index (κ3) is 3.71. The van der Waals surface area contributed by atoms with Crippen LogP contribution in [0.3, 0.4) is 0 Å². The molecule has 0 spiro atoms. The van der Waals surface area contributed by atoms with E-state index in [2.05, 4.69) is 9.97 Å². The number of rotatable bonds is 5. The molecule has 1 atom stereocenters. The largest absolute Gasteiger partial charge is 0.378 e. The van der Waals surface area contributed by atoms with Gasteiger partial charge in [-0.25, -0.2) is 9.97 Å². The molecule has 1 aliphatic rings. The summed E-state index contributed by atoms with van der Waals surface area (Å²) in [4.78, 5) is 20.8. The average Bonchev–Trinajstić information content (AvgIpc) is 3.10. The van der Waals surface area contributed by atoms with E-state index < -0.39 is 15.7 Å². The molecule has 2 aromatic heterocycles. The van der Waals surface area contributed by atoms with E-state index in [4.69, 9.17) is 4.74 Å². The summed E-state index contributed by atoms with van der Waals surface area (Å²) in [5.74, 6) is 0.742. The zero-order valence-electron chi connectivity index (χ0n) is 12.1. The fraction of sp³-hybridized carbons (Fsp3) is 0.385. The quantitative estimate of drug-likeness (QED) is 0.594. The minimum atomic E-state index is -1.25. The topological polar surface area (TPSA) is 98.5 Å². The summed E-state index contributed by atoms with van der Waals surface area (Å²) in [6.45, 7) is 2.06. The van der Waals surface area contributed by atoms with Crippen LogP contribution in [0.1, 0.15) is 5.82 Å². The summed E-state index contributed by atoms with van der Waals surface area (Å²) in [5.41, 5.74) is -0.141. The van der Waals surface area contributed by atoms with Crippen molar-refractivity contribution in [3.05, 3.63) is 39.6 Å². The van der Waals surface area contributed by atoms with Crippen molar-refractivity contribution in [2.24, 2.45) is 0 Å². The highest BCUT2D eigenvalue weighted by Crippen LogP contribution is 2.26. The van der Waals surface area contributed by atoms with Gasteiger partial charge in [-0.2, -0.15) is 0 Å². The highest BCUT2D eigenvalue weighted by molar-refractivity contribution is 7.86. The van der Waals surface area contributed by atoms with Crippen molar-refractivity contribution in [1.82, 2.24) is 9.97 Å². The van der Waals surface area contributed by atoms with Gasteiger partial charge < -0.3 is 9.64 Å². The minimum absolute atomic E-state index is 0.135. The summed E-state index contributed by atoms with van der Waals surface area (Å²) in [6.07, 6.45) is 1.19. The molecular weight excluding hydrogens is 340 g/mol. The number of morpholine rings is 1. The highest BCUT2D eigenvalue weighted by Gasteiger charge is 2.25. The second-order valence-corrected chi connectivity index (χ2v) is 7.40. The monoisotopic (exact) mass is 354 g/mol. The Balaban J connectivity index is 1.87. The molecule has 23 heavy (non-hydrogen) atoms. The lowest BCUT2D eigenvalue weighted by atomic mass is 10.3. The summed E-state index contributed by atoms with van der Waals surface area (Å²) in [5, 5.41) is 13.0. The summed E-state index contributed by atoms with van der Waals surface area (Å²) >= 11 is 1.40. The van der Waals surface area contributed by atoms with Gasteiger partial charge in [-0.15, -0.1) is 11.3 Å². The van der Waals surface area contributed by atoms with Crippen LogP contribution in [0.5, 0.6) is 0 Å². The van der Waals surface area contributed by atoms with E-state index >= 15 is 0 Å². The van der Waals surface area contributed by atoms with Crippen molar-refractivity contribution in [2.75, 3.05) is 31.2 Å². The van der Waals surface area contributed by atoms with Gasteiger partial charge in [-0.1, -0.05) is 6.07 Å². The third-order valence-electron chi connectivity index (χ3n) is 3.29. The number of hydrogen-bond acceptors (Lipinski definition) is 8. The predicted molar refractivity (Wildman–Crippen MR) is 86.1 cm³/mol. The SMILES string of the molecule is O=[N+]([O-])c1cnc(CS(=O)c2cccs2)nc1N1CCOCC1. The van der Waals surface area contributed by atoms with Crippen molar-refractivity contribution >= 4 is 33.6 Å². The van der Waals surface area contributed by atoms with E-state index in [9.17, 15) is 14.3 Å². The molecular formula is C13H14N4O4S2. The maximum atomic E-state index is 12.3. The highest BCUT2D eigenvalue weighted by atomic mass is 32.2. The zero-order chi connectivity index (χ0) is 16.2. The second kappa shape index (κ2) is 7.11. The molecule has 1 saturated heterocycles. The van der Waals surface area contributed by atoms with Gasteiger partial charge in [-0.3, -0.25) is 14.3 Å². The van der Waals surface area contributed by atoms with Crippen LogP contribution in [0.15, 0.2) is 27.9 Å². The van der Waals surface area contributed by atoms with Crippen LogP contribution in [-0.4, -0.2) is 45.4 Å². The number of nitrogens with zero attached hydrogens (tertiary/aromatic N) is 4. The lowest BCUT2D eigenvalue weighted by Gasteiger charge is -2.27. The lowest BCUT2D eigenvalue weighted by molar-refractivity contribution is -0.384. The first-order valence-corrected chi connectivity index (χ1v) is 9.10. The number of thiophene rings is 1. The Morgan fingerprint density at radius 1 is 1.43 bits per heavy atom. The molecule has 0 amide bonds.